The topological polar surface area (TPSA) is 120 Å². The third kappa shape index (κ3) is 3.92. The van der Waals surface area contributed by atoms with Crippen LogP contribution >= 0.6 is 0 Å². The molecular weight excluding hydrogens is 450 g/mol. The van der Waals surface area contributed by atoms with Gasteiger partial charge in [0.15, 0.2) is 17.3 Å². The number of nitrogens with two attached hydrogens (primary N) is 1. The van der Waals surface area contributed by atoms with Crippen molar-refractivity contribution in [3.05, 3.63) is 96.3 Å². The van der Waals surface area contributed by atoms with Gasteiger partial charge in [-0.3, -0.25) is 9.78 Å². The summed E-state index contributed by atoms with van der Waals surface area (Å²) in [6.45, 7) is 1.93. The van der Waals surface area contributed by atoms with Crippen LogP contribution in [0.4, 0.5) is 5.82 Å². The zero-order chi connectivity index (χ0) is 24.7. The maximum Gasteiger partial charge on any atom is 0.274 e. The average Bonchev–Trinajstić information content (AvgIpc) is 3.69. The molecule has 176 valence electrons. The third-order valence-corrected chi connectivity index (χ3v) is 6.37. The van der Waals surface area contributed by atoms with Crippen LogP contribution in [0.3, 0.4) is 0 Å². The fraction of sp³-hybridized carbons (Fsp3) is 0.143. The molecule has 6 rings (SSSR count). The molecule has 0 radical (unpaired) electrons. The van der Waals surface area contributed by atoms with Crippen LogP contribution in [-0.2, 0) is 5.54 Å². The van der Waals surface area contributed by atoms with E-state index in [1.54, 1.807) is 18.6 Å². The standard InChI is InChI=1S/C28H23N7O/c1-17-15-31-27(32-16-17)28(11-12-28)35-26(36)24-25(29)34-22(18-6-3-2-4-7-18)23(33-24)20-9-10-21-19(14-20)8-5-13-30-21/h2-10,13-16H,11-12H2,1H3,(H2,29,34)(H,35,36). The Bertz CT molecular complexity index is 1600. The molecule has 8 heteroatoms. The van der Waals surface area contributed by atoms with Gasteiger partial charge in [-0.15, -0.1) is 0 Å². The quantitative estimate of drug-likeness (QED) is 0.387. The minimum absolute atomic E-state index is 0.0678. The van der Waals surface area contributed by atoms with E-state index in [9.17, 15) is 4.79 Å². The fourth-order valence-electron chi connectivity index (χ4n) is 4.28. The fourth-order valence-corrected chi connectivity index (χ4v) is 4.28. The van der Waals surface area contributed by atoms with Crippen molar-refractivity contribution < 1.29 is 4.79 Å². The Balaban J connectivity index is 1.44. The first-order valence-electron chi connectivity index (χ1n) is 11.7. The first-order chi connectivity index (χ1) is 17.5. The number of nitrogens with one attached hydrogen (secondary N) is 1. The van der Waals surface area contributed by atoms with Gasteiger partial charge in [-0.25, -0.2) is 19.9 Å². The maximum atomic E-state index is 13.4. The number of aryl methyl sites for hydroxylation is 1. The van der Waals surface area contributed by atoms with Crippen LogP contribution in [0, 0.1) is 6.92 Å². The van der Waals surface area contributed by atoms with Gasteiger partial charge in [0, 0.05) is 35.1 Å². The minimum atomic E-state index is -0.605. The summed E-state index contributed by atoms with van der Waals surface area (Å²) in [5, 5.41) is 4.04. The lowest BCUT2D eigenvalue weighted by molar-refractivity contribution is 0.0924. The van der Waals surface area contributed by atoms with Crippen LogP contribution in [0.15, 0.2) is 79.3 Å². The molecule has 5 aromatic rings. The summed E-state index contributed by atoms with van der Waals surface area (Å²) in [4.78, 5) is 36.2. The highest BCUT2D eigenvalue weighted by Crippen LogP contribution is 2.44. The summed E-state index contributed by atoms with van der Waals surface area (Å²) in [6, 6.07) is 19.4. The molecular formula is C28H23N7O. The number of hydrogen-bond acceptors (Lipinski definition) is 7. The molecule has 2 aromatic carbocycles. The molecule has 3 N–H and O–H groups in total. The normalized spacial score (nSPS) is 13.9. The van der Waals surface area contributed by atoms with E-state index in [-0.39, 0.29) is 11.5 Å². The van der Waals surface area contributed by atoms with E-state index in [1.165, 1.54) is 0 Å². The molecule has 3 heterocycles. The Morgan fingerprint density at radius 3 is 2.39 bits per heavy atom. The van der Waals surface area contributed by atoms with Crippen LogP contribution in [0.5, 0.6) is 0 Å². The molecule has 0 bridgehead atoms. The molecule has 3 aromatic heterocycles. The van der Waals surface area contributed by atoms with Crippen LogP contribution in [0.1, 0.15) is 34.7 Å². The minimum Gasteiger partial charge on any atom is -0.382 e. The second-order valence-corrected chi connectivity index (χ2v) is 9.05. The van der Waals surface area contributed by atoms with E-state index in [2.05, 4.69) is 25.3 Å². The predicted molar refractivity (Wildman–Crippen MR) is 138 cm³/mol. The number of rotatable bonds is 5. The number of carbonyl (C=O) groups is 1. The van der Waals surface area contributed by atoms with Gasteiger partial charge >= 0.3 is 0 Å². The SMILES string of the molecule is Cc1cnc(C2(NC(=O)c3nc(-c4ccc5ncccc5c4)c(-c4ccccc4)nc3N)CC2)nc1. The van der Waals surface area contributed by atoms with E-state index >= 15 is 0 Å². The van der Waals surface area contributed by atoms with Crippen molar-refractivity contribution in [3.63, 3.8) is 0 Å². The monoisotopic (exact) mass is 473 g/mol. The van der Waals surface area contributed by atoms with Crippen molar-refractivity contribution in [2.75, 3.05) is 5.73 Å². The Labute approximate surface area is 207 Å². The Morgan fingerprint density at radius 2 is 1.64 bits per heavy atom. The van der Waals surface area contributed by atoms with E-state index in [4.69, 9.17) is 10.7 Å². The lowest BCUT2D eigenvalue weighted by Gasteiger charge is -2.18. The highest BCUT2D eigenvalue weighted by Gasteiger charge is 2.49. The third-order valence-electron chi connectivity index (χ3n) is 6.37. The molecule has 0 saturated heterocycles. The van der Waals surface area contributed by atoms with Gasteiger partial charge in [-0.2, -0.15) is 0 Å². The summed E-state index contributed by atoms with van der Waals surface area (Å²) in [6.07, 6.45) is 6.77. The number of amides is 1. The zero-order valence-corrected chi connectivity index (χ0v) is 19.6. The molecule has 1 aliphatic carbocycles. The average molecular weight is 474 g/mol. The van der Waals surface area contributed by atoms with Crippen molar-refractivity contribution in [2.24, 2.45) is 0 Å². The lowest BCUT2D eigenvalue weighted by atomic mass is 10.0. The molecule has 36 heavy (non-hydrogen) atoms. The van der Waals surface area contributed by atoms with Gasteiger partial charge in [0.25, 0.3) is 5.91 Å². The molecule has 1 amide bonds. The number of nitrogens with zero attached hydrogens (tertiary/aromatic N) is 5. The highest BCUT2D eigenvalue weighted by atomic mass is 16.2. The van der Waals surface area contributed by atoms with Gasteiger partial charge in [-0.05, 0) is 43.5 Å². The number of benzene rings is 2. The summed E-state index contributed by atoms with van der Waals surface area (Å²) in [5.74, 6) is 0.263. The molecule has 0 atom stereocenters. The van der Waals surface area contributed by atoms with E-state index in [1.807, 2.05) is 67.6 Å². The van der Waals surface area contributed by atoms with Crippen molar-refractivity contribution >= 4 is 22.6 Å². The Hall–Kier alpha value is -4.72. The number of pyridine rings is 1. The molecule has 0 spiro atoms. The second-order valence-electron chi connectivity index (χ2n) is 9.05. The molecule has 0 aliphatic heterocycles. The van der Waals surface area contributed by atoms with E-state index < -0.39 is 11.4 Å². The Kier molecular flexibility index (Phi) is 5.14. The maximum absolute atomic E-state index is 13.4. The van der Waals surface area contributed by atoms with Crippen LogP contribution in [-0.4, -0.2) is 30.8 Å². The lowest BCUT2D eigenvalue weighted by Crippen LogP contribution is -2.37. The molecule has 0 unspecified atom stereocenters. The summed E-state index contributed by atoms with van der Waals surface area (Å²) < 4.78 is 0. The van der Waals surface area contributed by atoms with Gasteiger partial charge in [0.05, 0.1) is 16.9 Å². The Morgan fingerprint density at radius 1 is 0.889 bits per heavy atom. The van der Waals surface area contributed by atoms with Crippen molar-refractivity contribution in [2.45, 2.75) is 25.3 Å². The molecule has 1 saturated carbocycles. The molecule has 8 nitrogen and oxygen atoms in total. The summed E-state index contributed by atoms with van der Waals surface area (Å²) in [7, 11) is 0. The summed E-state index contributed by atoms with van der Waals surface area (Å²) >= 11 is 0. The smallest absolute Gasteiger partial charge is 0.274 e. The first kappa shape index (κ1) is 21.8. The van der Waals surface area contributed by atoms with Gasteiger partial charge in [0.2, 0.25) is 0 Å². The van der Waals surface area contributed by atoms with Crippen LogP contribution < -0.4 is 11.1 Å². The molecule has 1 fully saturated rings. The highest BCUT2D eigenvalue weighted by molar-refractivity contribution is 5.99. The number of hydrogen-bond donors (Lipinski definition) is 2. The number of anilines is 1. The largest absolute Gasteiger partial charge is 0.382 e. The number of fused-ring (bicyclic) bond motifs is 1. The van der Waals surface area contributed by atoms with Crippen molar-refractivity contribution in [1.29, 1.82) is 0 Å². The number of carbonyl (C=O) groups excluding carboxylic acids is 1. The zero-order valence-electron chi connectivity index (χ0n) is 19.6. The van der Waals surface area contributed by atoms with Crippen molar-refractivity contribution in [1.82, 2.24) is 30.2 Å². The van der Waals surface area contributed by atoms with E-state index in [0.717, 1.165) is 40.4 Å². The van der Waals surface area contributed by atoms with Gasteiger partial charge in [0.1, 0.15) is 5.54 Å². The number of aromatic nitrogens is 5. The summed E-state index contributed by atoms with van der Waals surface area (Å²) in [5.41, 5.74) is 10.5. The molecule has 1 aliphatic rings. The first-order valence-corrected chi connectivity index (χ1v) is 11.7. The van der Waals surface area contributed by atoms with Gasteiger partial charge in [-0.1, -0.05) is 42.5 Å². The number of nitrogen functional groups attached to an aromatic ring is 1. The van der Waals surface area contributed by atoms with E-state index in [0.29, 0.717) is 17.2 Å². The van der Waals surface area contributed by atoms with Crippen LogP contribution in [0.2, 0.25) is 0 Å². The van der Waals surface area contributed by atoms with Crippen LogP contribution in [0.25, 0.3) is 33.4 Å². The van der Waals surface area contributed by atoms with Gasteiger partial charge < -0.3 is 11.1 Å². The predicted octanol–water partition coefficient (Wildman–Crippen LogP) is 4.46. The van der Waals surface area contributed by atoms with Crippen molar-refractivity contribution in [3.8, 4) is 22.5 Å². The second kappa shape index (κ2) is 8.49.